The number of sulfonamides is 1. The fraction of sp³-hybridized carbons (Fsp3) is 0.269. The number of hydrogen-bond acceptors (Lipinski definition) is 5. The van der Waals surface area contributed by atoms with Gasteiger partial charge in [-0.15, -0.1) is 0 Å². The molecule has 0 aromatic heterocycles. The van der Waals surface area contributed by atoms with Crippen molar-refractivity contribution in [2.75, 3.05) is 24.0 Å². The Hall–Kier alpha value is -3.52. The molecule has 1 amide bonds. The largest absolute Gasteiger partial charge is 0.491 e. The molecule has 0 aliphatic carbocycles. The maximum atomic E-state index is 13.3. The predicted octanol–water partition coefficient (Wildman–Crippen LogP) is 3.96. The third-order valence-corrected chi connectivity index (χ3v) is 7.35. The number of nitrogens with zero attached hydrogens (tertiary/aromatic N) is 1. The summed E-state index contributed by atoms with van der Waals surface area (Å²) in [6.07, 6.45) is -0.990. The first-order valence-electron chi connectivity index (χ1n) is 11.2. The number of para-hydroxylation sites is 3. The minimum atomic E-state index is -3.87. The zero-order valence-electron chi connectivity index (χ0n) is 19.2. The van der Waals surface area contributed by atoms with Gasteiger partial charge in [-0.2, -0.15) is 0 Å². The van der Waals surface area contributed by atoms with Crippen LogP contribution in [0.15, 0.2) is 83.8 Å². The summed E-state index contributed by atoms with van der Waals surface area (Å²) in [6, 6.07) is 22.8. The molecule has 0 radical (unpaired) electrons. The lowest BCUT2D eigenvalue weighted by molar-refractivity contribution is -0.127. The summed E-state index contributed by atoms with van der Waals surface area (Å²) in [5.74, 6) is 1.05. The third kappa shape index (κ3) is 5.02. The minimum absolute atomic E-state index is 0.128. The van der Waals surface area contributed by atoms with E-state index in [0.29, 0.717) is 17.4 Å². The molecule has 1 aliphatic rings. The monoisotopic (exact) mass is 480 g/mol. The Labute approximate surface area is 200 Å². The molecule has 0 saturated heterocycles. The molecule has 178 valence electrons. The number of carbonyl (C=O) groups is 1. The molecule has 0 fully saturated rings. The van der Waals surface area contributed by atoms with Gasteiger partial charge in [0.05, 0.1) is 23.7 Å². The average Bonchev–Trinajstić information content (AvgIpc) is 2.86. The van der Waals surface area contributed by atoms with E-state index in [1.807, 2.05) is 24.3 Å². The van der Waals surface area contributed by atoms with Crippen LogP contribution in [0.3, 0.4) is 0 Å². The number of hydrogen-bond donors (Lipinski definition) is 1. The normalized spacial score (nSPS) is 15.4. The standard InChI is InChI=1S/C26H28N2O5S/c1-19(2)21-12-6-8-14-23(21)32-17-16-27-26(29)25-18-28(22-13-7-9-15-24(22)33-25)34(30,31)20-10-4-3-5-11-20/h3-15,19,25H,16-18H2,1-2H3,(H,27,29)/t25-/m1/s1. The van der Waals surface area contributed by atoms with Gasteiger partial charge in [0.2, 0.25) is 0 Å². The maximum absolute atomic E-state index is 13.3. The van der Waals surface area contributed by atoms with Crippen molar-refractivity contribution >= 4 is 21.6 Å². The molecule has 1 atom stereocenters. The number of benzene rings is 3. The lowest BCUT2D eigenvalue weighted by Gasteiger charge is -2.34. The Bertz CT molecular complexity index is 1240. The highest BCUT2D eigenvalue weighted by atomic mass is 32.2. The average molecular weight is 481 g/mol. The van der Waals surface area contributed by atoms with Crippen LogP contribution >= 0.6 is 0 Å². The number of amides is 1. The van der Waals surface area contributed by atoms with E-state index >= 15 is 0 Å². The Morgan fingerprint density at radius 3 is 2.47 bits per heavy atom. The Kier molecular flexibility index (Phi) is 7.07. The summed E-state index contributed by atoms with van der Waals surface area (Å²) in [6.45, 7) is 4.61. The molecule has 3 aromatic rings. The van der Waals surface area contributed by atoms with Crippen LogP contribution in [0.25, 0.3) is 0 Å². The van der Waals surface area contributed by atoms with Crippen molar-refractivity contribution in [3.05, 3.63) is 84.4 Å². The lowest BCUT2D eigenvalue weighted by Crippen LogP contribution is -2.51. The van der Waals surface area contributed by atoms with Gasteiger partial charge in [-0.3, -0.25) is 9.10 Å². The summed E-state index contributed by atoms with van der Waals surface area (Å²) < 4.78 is 39.6. The van der Waals surface area contributed by atoms with Gasteiger partial charge in [-0.1, -0.05) is 62.4 Å². The van der Waals surface area contributed by atoms with Gasteiger partial charge in [-0.25, -0.2) is 8.42 Å². The number of carbonyl (C=O) groups excluding carboxylic acids is 1. The Morgan fingerprint density at radius 1 is 1.03 bits per heavy atom. The van der Waals surface area contributed by atoms with Crippen LogP contribution in [0.5, 0.6) is 11.5 Å². The summed E-state index contributed by atoms with van der Waals surface area (Å²) in [4.78, 5) is 13.0. The van der Waals surface area contributed by atoms with Crippen LogP contribution in [-0.2, 0) is 14.8 Å². The van der Waals surface area contributed by atoms with E-state index in [1.54, 1.807) is 42.5 Å². The van der Waals surface area contributed by atoms with Gasteiger partial charge in [0.25, 0.3) is 15.9 Å². The smallest absolute Gasteiger partial charge is 0.264 e. The van der Waals surface area contributed by atoms with Crippen LogP contribution in [0.1, 0.15) is 25.3 Å². The van der Waals surface area contributed by atoms with Gasteiger partial charge < -0.3 is 14.8 Å². The van der Waals surface area contributed by atoms with Gasteiger partial charge in [0.15, 0.2) is 6.10 Å². The van der Waals surface area contributed by atoms with Gasteiger partial charge in [0.1, 0.15) is 18.1 Å². The third-order valence-electron chi connectivity index (χ3n) is 5.56. The van der Waals surface area contributed by atoms with Gasteiger partial charge >= 0.3 is 0 Å². The van der Waals surface area contributed by atoms with Crippen molar-refractivity contribution in [1.29, 1.82) is 0 Å². The summed E-state index contributed by atoms with van der Waals surface area (Å²) in [5.41, 5.74) is 1.51. The van der Waals surface area contributed by atoms with E-state index in [1.165, 1.54) is 16.4 Å². The molecular formula is C26H28N2O5S. The fourth-order valence-corrected chi connectivity index (χ4v) is 5.32. The number of anilines is 1. The minimum Gasteiger partial charge on any atom is -0.491 e. The van der Waals surface area contributed by atoms with Crippen molar-refractivity contribution in [3.8, 4) is 11.5 Å². The van der Waals surface area contributed by atoms with Crippen LogP contribution in [0.4, 0.5) is 5.69 Å². The highest BCUT2D eigenvalue weighted by Gasteiger charge is 2.37. The molecular weight excluding hydrogens is 452 g/mol. The molecule has 0 bridgehead atoms. The topological polar surface area (TPSA) is 84.9 Å². The molecule has 0 spiro atoms. The predicted molar refractivity (Wildman–Crippen MR) is 131 cm³/mol. The number of rotatable bonds is 8. The van der Waals surface area contributed by atoms with Crippen LogP contribution in [-0.4, -0.2) is 40.1 Å². The SMILES string of the molecule is CC(C)c1ccccc1OCCNC(=O)[C@H]1CN(S(=O)(=O)c2ccccc2)c2ccccc2O1. The molecule has 1 aliphatic heterocycles. The van der Waals surface area contributed by atoms with Crippen molar-refractivity contribution in [2.45, 2.75) is 30.8 Å². The summed E-state index contributed by atoms with van der Waals surface area (Å²) >= 11 is 0. The summed E-state index contributed by atoms with van der Waals surface area (Å²) in [7, 11) is -3.87. The van der Waals surface area contributed by atoms with Crippen molar-refractivity contribution in [2.24, 2.45) is 0 Å². The Morgan fingerprint density at radius 2 is 1.71 bits per heavy atom. The number of nitrogens with one attached hydrogen (secondary N) is 1. The molecule has 0 unspecified atom stereocenters. The van der Waals surface area contributed by atoms with Crippen molar-refractivity contribution < 1.29 is 22.7 Å². The zero-order valence-corrected chi connectivity index (χ0v) is 20.0. The van der Waals surface area contributed by atoms with Crippen LogP contribution in [0.2, 0.25) is 0 Å². The molecule has 1 N–H and O–H groups in total. The van der Waals surface area contributed by atoms with E-state index in [4.69, 9.17) is 9.47 Å². The van der Waals surface area contributed by atoms with Gasteiger partial charge in [-0.05, 0) is 41.8 Å². The van der Waals surface area contributed by atoms with Crippen LogP contribution in [0, 0.1) is 0 Å². The van der Waals surface area contributed by atoms with Crippen molar-refractivity contribution in [1.82, 2.24) is 5.32 Å². The molecule has 7 nitrogen and oxygen atoms in total. The van der Waals surface area contributed by atoms with E-state index in [9.17, 15) is 13.2 Å². The second-order valence-corrected chi connectivity index (χ2v) is 10.1. The van der Waals surface area contributed by atoms with E-state index < -0.39 is 22.0 Å². The first-order chi connectivity index (χ1) is 16.4. The highest BCUT2D eigenvalue weighted by molar-refractivity contribution is 7.92. The molecule has 34 heavy (non-hydrogen) atoms. The Balaban J connectivity index is 1.44. The van der Waals surface area contributed by atoms with E-state index in [-0.39, 0.29) is 24.6 Å². The molecule has 8 heteroatoms. The molecule has 0 saturated carbocycles. The number of fused-ring (bicyclic) bond motifs is 1. The first-order valence-corrected chi connectivity index (χ1v) is 12.6. The highest BCUT2D eigenvalue weighted by Crippen LogP contribution is 2.36. The molecule has 1 heterocycles. The number of ether oxygens (including phenoxy) is 2. The van der Waals surface area contributed by atoms with Gasteiger partial charge in [0, 0.05) is 0 Å². The molecule has 3 aromatic carbocycles. The first kappa shape index (κ1) is 23.6. The quantitative estimate of drug-likeness (QED) is 0.494. The van der Waals surface area contributed by atoms with Crippen LogP contribution < -0.4 is 19.1 Å². The second-order valence-electron chi connectivity index (χ2n) is 8.26. The second kappa shape index (κ2) is 10.2. The molecule has 4 rings (SSSR count). The van der Waals surface area contributed by atoms with Crippen molar-refractivity contribution in [3.63, 3.8) is 0 Å². The summed E-state index contributed by atoms with van der Waals surface area (Å²) in [5, 5.41) is 2.80. The van der Waals surface area contributed by atoms with E-state index in [2.05, 4.69) is 19.2 Å². The zero-order chi connectivity index (χ0) is 24.1. The van der Waals surface area contributed by atoms with E-state index in [0.717, 1.165) is 11.3 Å². The lowest BCUT2D eigenvalue weighted by atomic mass is 10.0. The maximum Gasteiger partial charge on any atom is 0.264 e. The fourth-order valence-electron chi connectivity index (χ4n) is 3.82.